The lowest BCUT2D eigenvalue weighted by atomic mass is 9.71. The largest absolute Gasteiger partial charge is 0.399 e. The number of aliphatic imine (C=N–C) groups is 1. The minimum absolute atomic E-state index is 0.351. The molecule has 2 N–H and O–H groups in total. The Bertz CT molecular complexity index is 532. The highest BCUT2D eigenvalue weighted by Gasteiger charge is 2.32. The Morgan fingerprint density at radius 2 is 2.23 bits per heavy atom. The Labute approximate surface area is 139 Å². The first-order chi connectivity index (χ1) is 10.7. The van der Waals surface area contributed by atoms with E-state index in [1.54, 1.807) is 0 Å². The van der Waals surface area contributed by atoms with Crippen LogP contribution >= 0.6 is 11.8 Å². The first kappa shape index (κ1) is 17.1. The molecular weight excluding hydrogens is 288 g/mol. The fourth-order valence-electron chi connectivity index (χ4n) is 3.05. The number of anilines is 1. The quantitative estimate of drug-likeness (QED) is 0.384. The van der Waals surface area contributed by atoms with E-state index in [0.717, 1.165) is 17.1 Å². The van der Waals surface area contributed by atoms with E-state index in [1.165, 1.54) is 42.6 Å². The number of nitrogen functional groups attached to an aromatic ring is 1. The highest BCUT2D eigenvalue weighted by Crippen LogP contribution is 2.46. The molecule has 1 atom stereocenters. The third-order valence-corrected chi connectivity index (χ3v) is 5.67. The summed E-state index contributed by atoms with van der Waals surface area (Å²) in [6, 6.07) is 8.30. The van der Waals surface area contributed by atoms with Gasteiger partial charge in [-0.2, -0.15) is 0 Å². The third kappa shape index (κ3) is 4.16. The smallest absolute Gasteiger partial charge is 0.0565 e. The standard InChI is InChI=1S/C19H28N2S/c1-4-5-12-22-14(2)19(21-3)18(15-8-6-9-15)16-10-7-11-17(20)13-16/h7,10-11,13,15,18H,3-6,8-9,12,20H2,1-2H3/b19-14-. The molecule has 0 radical (unpaired) electrons. The van der Waals surface area contributed by atoms with Crippen LogP contribution in [-0.4, -0.2) is 12.5 Å². The number of benzene rings is 1. The molecule has 2 nitrogen and oxygen atoms in total. The minimum atomic E-state index is 0.351. The van der Waals surface area contributed by atoms with Crippen molar-refractivity contribution in [3.8, 4) is 0 Å². The number of allylic oxidation sites excluding steroid dienone is 2. The molecular formula is C19H28N2S. The lowest BCUT2D eigenvalue weighted by molar-refractivity contribution is 0.280. The summed E-state index contributed by atoms with van der Waals surface area (Å²) in [4.78, 5) is 5.77. The van der Waals surface area contributed by atoms with Gasteiger partial charge in [-0.15, -0.1) is 11.8 Å². The van der Waals surface area contributed by atoms with Crippen molar-refractivity contribution < 1.29 is 0 Å². The van der Waals surface area contributed by atoms with Gasteiger partial charge >= 0.3 is 0 Å². The van der Waals surface area contributed by atoms with E-state index >= 15 is 0 Å². The molecule has 1 aromatic rings. The van der Waals surface area contributed by atoms with Gasteiger partial charge in [-0.05, 0) is 62.3 Å². The second-order valence-electron chi connectivity index (χ2n) is 6.14. The topological polar surface area (TPSA) is 38.4 Å². The number of hydrogen-bond acceptors (Lipinski definition) is 3. The Morgan fingerprint density at radius 1 is 1.45 bits per heavy atom. The molecule has 0 heterocycles. The second-order valence-corrected chi connectivity index (χ2v) is 7.45. The molecule has 0 aromatic heterocycles. The number of thioether (sulfide) groups is 1. The molecule has 2 rings (SSSR count). The SMILES string of the molecule is C=N/C(=C(/C)SCCCC)C(c1cccc(N)c1)C1CCC1. The molecule has 0 bridgehead atoms. The molecule has 0 amide bonds. The monoisotopic (exact) mass is 316 g/mol. The summed E-state index contributed by atoms with van der Waals surface area (Å²) in [5.74, 6) is 2.20. The average molecular weight is 317 g/mol. The Hall–Kier alpha value is -1.22. The first-order valence-electron chi connectivity index (χ1n) is 8.33. The predicted molar refractivity (Wildman–Crippen MR) is 101 cm³/mol. The second kappa shape index (κ2) is 8.42. The fraction of sp³-hybridized carbons (Fsp3) is 0.526. The van der Waals surface area contributed by atoms with Crippen LogP contribution in [0.15, 0.2) is 39.9 Å². The summed E-state index contributed by atoms with van der Waals surface area (Å²) < 4.78 is 0. The summed E-state index contributed by atoms with van der Waals surface area (Å²) in [5, 5.41) is 0. The number of unbranched alkanes of at least 4 members (excludes halogenated alkanes) is 1. The van der Waals surface area contributed by atoms with Crippen LogP contribution in [0.3, 0.4) is 0 Å². The van der Waals surface area contributed by atoms with E-state index < -0.39 is 0 Å². The van der Waals surface area contributed by atoms with E-state index in [4.69, 9.17) is 5.73 Å². The molecule has 1 saturated carbocycles. The van der Waals surface area contributed by atoms with Crippen LogP contribution in [0.2, 0.25) is 0 Å². The molecule has 1 aliphatic rings. The number of nitrogens with two attached hydrogens (primary N) is 1. The Balaban J connectivity index is 2.30. The molecule has 3 heteroatoms. The van der Waals surface area contributed by atoms with Gasteiger partial charge in [0.1, 0.15) is 0 Å². The molecule has 1 aliphatic carbocycles. The molecule has 1 fully saturated rings. The van der Waals surface area contributed by atoms with Gasteiger partial charge in [0, 0.05) is 16.5 Å². The average Bonchev–Trinajstić information content (AvgIpc) is 2.45. The fourth-order valence-corrected chi connectivity index (χ4v) is 4.13. The van der Waals surface area contributed by atoms with Crippen molar-refractivity contribution in [2.45, 2.75) is 51.9 Å². The van der Waals surface area contributed by atoms with Gasteiger partial charge < -0.3 is 5.73 Å². The molecule has 1 aromatic carbocycles. The third-order valence-electron chi connectivity index (χ3n) is 4.53. The zero-order valence-corrected chi connectivity index (χ0v) is 14.7. The van der Waals surface area contributed by atoms with Crippen LogP contribution in [0, 0.1) is 5.92 Å². The van der Waals surface area contributed by atoms with Gasteiger partial charge in [0.05, 0.1) is 5.70 Å². The summed E-state index contributed by atoms with van der Waals surface area (Å²) in [6.07, 6.45) is 6.38. The van der Waals surface area contributed by atoms with Crippen molar-refractivity contribution in [2.24, 2.45) is 10.9 Å². The Morgan fingerprint density at radius 3 is 2.77 bits per heavy atom. The van der Waals surface area contributed by atoms with Gasteiger partial charge in [0.2, 0.25) is 0 Å². The van der Waals surface area contributed by atoms with Crippen molar-refractivity contribution in [2.75, 3.05) is 11.5 Å². The first-order valence-corrected chi connectivity index (χ1v) is 9.31. The number of hydrogen-bond donors (Lipinski definition) is 1. The lowest BCUT2D eigenvalue weighted by Crippen LogP contribution is -2.22. The molecule has 22 heavy (non-hydrogen) atoms. The number of nitrogens with zero attached hydrogens (tertiary/aromatic N) is 1. The molecule has 1 unspecified atom stereocenters. The van der Waals surface area contributed by atoms with E-state index in [9.17, 15) is 0 Å². The molecule has 0 spiro atoms. The van der Waals surface area contributed by atoms with Crippen molar-refractivity contribution in [3.63, 3.8) is 0 Å². The van der Waals surface area contributed by atoms with Crippen LogP contribution in [-0.2, 0) is 0 Å². The maximum absolute atomic E-state index is 6.00. The van der Waals surface area contributed by atoms with E-state index in [-0.39, 0.29) is 0 Å². The zero-order valence-electron chi connectivity index (χ0n) is 13.8. The normalized spacial score (nSPS) is 17.5. The predicted octanol–water partition coefficient (Wildman–Crippen LogP) is 5.62. The maximum Gasteiger partial charge on any atom is 0.0565 e. The summed E-state index contributed by atoms with van der Waals surface area (Å²) in [7, 11) is 0. The zero-order chi connectivity index (χ0) is 15.9. The van der Waals surface area contributed by atoms with Crippen LogP contribution < -0.4 is 5.73 Å². The van der Waals surface area contributed by atoms with Gasteiger partial charge in [0.15, 0.2) is 0 Å². The highest BCUT2D eigenvalue weighted by atomic mass is 32.2. The van der Waals surface area contributed by atoms with Crippen LogP contribution in [0.1, 0.15) is 57.4 Å². The Kier molecular flexibility index (Phi) is 6.56. The van der Waals surface area contributed by atoms with Gasteiger partial charge in [-0.3, -0.25) is 4.99 Å². The van der Waals surface area contributed by atoms with E-state index in [0.29, 0.717) is 11.8 Å². The molecule has 0 saturated heterocycles. The van der Waals surface area contributed by atoms with Crippen LogP contribution in [0.25, 0.3) is 0 Å². The molecule has 120 valence electrons. The lowest BCUT2D eigenvalue weighted by Gasteiger charge is -2.35. The van der Waals surface area contributed by atoms with E-state index in [1.807, 2.05) is 17.8 Å². The van der Waals surface area contributed by atoms with Gasteiger partial charge in [0.25, 0.3) is 0 Å². The summed E-state index contributed by atoms with van der Waals surface area (Å²) >= 11 is 1.93. The summed E-state index contributed by atoms with van der Waals surface area (Å²) in [6.45, 7) is 8.30. The van der Waals surface area contributed by atoms with Gasteiger partial charge in [-0.25, -0.2) is 0 Å². The minimum Gasteiger partial charge on any atom is -0.399 e. The maximum atomic E-state index is 6.00. The number of rotatable bonds is 8. The summed E-state index contributed by atoms with van der Waals surface area (Å²) in [5.41, 5.74) is 9.30. The van der Waals surface area contributed by atoms with Crippen molar-refractivity contribution in [1.82, 2.24) is 0 Å². The van der Waals surface area contributed by atoms with Crippen molar-refractivity contribution in [1.29, 1.82) is 0 Å². The molecule has 0 aliphatic heterocycles. The highest BCUT2D eigenvalue weighted by molar-refractivity contribution is 8.03. The van der Waals surface area contributed by atoms with Crippen molar-refractivity contribution >= 4 is 24.2 Å². The van der Waals surface area contributed by atoms with Crippen molar-refractivity contribution in [3.05, 3.63) is 40.4 Å². The van der Waals surface area contributed by atoms with Gasteiger partial charge in [-0.1, -0.05) is 31.9 Å². The van der Waals surface area contributed by atoms with Crippen LogP contribution in [0.5, 0.6) is 0 Å². The van der Waals surface area contributed by atoms with Crippen LogP contribution in [0.4, 0.5) is 5.69 Å². The van der Waals surface area contributed by atoms with E-state index in [2.05, 4.69) is 43.8 Å².